The maximum Gasteiger partial charge on any atom is 0.196 e. The van der Waals surface area contributed by atoms with Crippen LogP contribution in [0.1, 0.15) is 24.0 Å². The summed E-state index contributed by atoms with van der Waals surface area (Å²) < 4.78 is 5.68. The summed E-state index contributed by atoms with van der Waals surface area (Å²) in [6.45, 7) is 3.93. The van der Waals surface area contributed by atoms with E-state index in [0.717, 1.165) is 36.3 Å². The highest BCUT2D eigenvalue weighted by molar-refractivity contribution is 6.31. The van der Waals surface area contributed by atoms with E-state index < -0.39 is 0 Å². The number of hydrogen-bond donors (Lipinski definition) is 3. The first-order valence-corrected chi connectivity index (χ1v) is 9.19. The average Bonchev–Trinajstić information content (AvgIpc) is 3.14. The second-order valence-electron chi connectivity index (χ2n) is 6.40. The Morgan fingerprint density at radius 3 is 2.88 bits per heavy atom. The first kappa shape index (κ1) is 18.5. The van der Waals surface area contributed by atoms with Crippen molar-refractivity contribution in [2.75, 3.05) is 18.5 Å². The molecule has 0 amide bonds. The Labute approximate surface area is 159 Å². The zero-order valence-electron chi connectivity index (χ0n) is 14.8. The fourth-order valence-corrected chi connectivity index (χ4v) is 3.06. The van der Waals surface area contributed by atoms with Crippen molar-refractivity contribution in [3.63, 3.8) is 0 Å². The van der Waals surface area contributed by atoms with Gasteiger partial charge in [-0.2, -0.15) is 0 Å². The molecule has 26 heavy (non-hydrogen) atoms. The van der Waals surface area contributed by atoms with Crippen molar-refractivity contribution in [3.05, 3.63) is 58.6 Å². The van der Waals surface area contributed by atoms with Gasteiger partial charge in [0.1, 0.15) is 5.75 Å². The number of phenols is 1. The summed E-state index contributed by atoms with van der Waals surface area (Å²) in [6, 6.07) is 12.9. The molecule has 0 bridgehead atoms. The standard InChI is InChI=1S/C20H24ClN3O2/c1-14-11-16(25)8-9-19(14)24-20(23-13-17-6-4-10-26-17)22-12-15-5-2-3-7-18(15)21/h2-3,5,7-9,11,17,25H,4,6,10,12-13H2,1H3,(H2,22,23,24). The van der Waals surface area contributed by atoms with E-state index in [9.17, 15) is 5.11 Å². The lowest BCUT2D eigenvalue weighted by atomic mass is 10.2. The Morgan fingerprint density at radius 2 is 2.15 bits per heavy atom. The number of benzene rings is 2. The minimum atomic E-state index is 0.211. The lowest BCUT2D eigenvalue weighted by Gasteiger charge is -2.17. The van der Waals surface area contributed by atoms with Crippen LogP contribution < -0.4 is 10.6 Å². The van der Waals surface area contributed by atoms with Crippen LogP contribution in [0.5, 0.6) is 5.75 Å². The lowest BCUT2D eigenvalue weighted by Crippen LogP contribution is -2.36. The van der Waals surface area contributed by atoms with Crippen LogP contribution in [-0.2, 0) is 11.3 Å². The van der Waals surface area contributed by atoms with E-state index in [1.807, 2.05) is 37.3 Å². The van der Waals surface area contributed by atoms with Gasteiger partial charge in [-0.3, -0.25) is 0 Å². The summed E-state index contributed by atoms with van der Waals surface area (Å²) in [4.78, 5) is 4.67. The normalized spacial score (nSPS) is 17.3. The van der Waals surface area contributed by atoms with E-state index in [4.69, 9.17) is 16.3 Å². The molecule has 3 rings (SSSR count). The van der Waals surface area contributed by atoms with Gasteiger partial charge >= 0.3 is 0 Å². The van der Waals surface area contributed by atoms with E-state index >= 15 is 0 Å². The molecule has 1 fully saturated rings. The number of anilines is 1. The van der Waals surface area contributed by atoms with Crippen LogP contribution in [0.2, 0.25) is 5.02 Å². The number of phenolic OH excluding ortho intramolecular Hbond substituents is 1. The molecule has 3 N–H and O–H groups in total. The van der Waals surface area contributed by atoms with E-state index in [1.54, 1.807) is 12.1 Å². The highest BCUT2D eigenvalue weighted by atomic mass is 35.5. The average molecular weight is 374 g/mol. The molecule has 1 atom stereocenters. The molecule has 1 aliphatic heterocycles. The van der Waals surface area contributed by atoms with Gasteiger partial charge in [0.15, 0.2) is 5.96 Å². The molecule has 0 radical (unpaired) electrons. The van der Waals surface area contributed by atoms with E-state index in [0.29, 0.717) is 24.1 Å². The summed E-state index contributed by atoms with van der Waals surface area (Å²) >= 11 is 6.23. The number of guanidine groups is 1. The summed E-state index contributed by atoms with van der Waals surface area (Å²) in [5.74, 6) is 0.907. The number of rotatable bonds is 5. The van der Waals surface area contributed by atoms with Gasteiger partial charge in [0.25, 0.3) is 0 Å². The Kier molecular flexibility index (Phi) is 6.36. The number of aliphatic imine (C=N–C) groups is 1. The quantitative estimate of drug-likeness (QED) is 0.419. The van der Waals surface area contributed by atoms with E-state index in [2.05, 4.69) is 15.6 Å². The summed E-state index contributed by atoms with van der Waals surface area (Å²) in [7, 11) is 0. The Balaban J connectivity index is 1.73. The Hall–Kier alpha value is -2.24. The van der Waals surface area contributed by atoms with E-state index in [1.165, 1.54) is 0 Å². The third kappa shape index (κ3) is 5.13. The second-order valence-corrected chi connectivity index (χ2v) is 6.80. The molecular weight excluding hydrogens is 350 g/mol. The van der Waals surface area contributed by atoms with Crippen LogP contribution >= 0.6 is 11.6 Å². The number of hydrogen-bond acceptors (Lipinski definition) is 3. The first-order valence-electron chi connectivity index (χ1n) is 8.82. The Bertz CT molecular complexity index is 773. The van der Waals surface area contributed by atoms with Crippen LogP contribution in [-0.4, -0.2) is 30.3 Å². The molecule has 1 saturated heterocycles. The molecule has 2 aromatic carbocycles. The third-order valence-corrected chi connectivity index (χ3v) is 4.72. The minimum Gasteiger partial charge on any atom is -0.508 e. The highest BCUT2D eigenvalue weighted by Crippen LogP contribution is 2.20. The van der Waals surface area contributed by atoms with Gasteiger partial charge in [-0.1, -0.05) is 29.8 Å². The number of aromatic hydroxyl groups is 1. The SMILES string of the molecule is Cc1cc(O)ccc1NC(=NCc1ccccc1Cl)NCC1CCCO1. The molecule has 138 valence electrons. The van der Waals surface area contributed by atoms with Gasteiger partial charge in [0.2, 0.25) is 0 Å². The third-order valence-electron chi connectivity index (χ3n) is 4.35. The molecule has 5 nitrogen and oxygen atoms in total. The lowest BCUT2D eigenvalue weighted by molar-refractivity contribution is 0.114. The predicted octanol–water partition coefficient (Wildman–Crippen LogP) is 4.09. The molecule has 1 unspecified atom stereocenters. The number of aryl methyl sites for hydroxylation is 1. The van der Waals surface area contributed by atoms with E-state index in [-0.39, 0.29) is 11.9 Å². The van der Waals surface area contributed by atoms with Gasteiger partial charge in [-0.25, -0.2) is 4.99 Å². The minimum absolute atomic E-state index is 0.211. The molecule has 1 aliphatic rings. The molecular formula is C20H24ClN3O2. The van der Waals surface area contributed by atoms with Gasteiger partial charge < -0.3 is 20.5 Å². The molecule has 2 aromatic rings. The van der Waals surface area contributed by atoms with Crippen LogP contribution in [0, 0.1) is 6.92 Å². The first-order chi connectivity index (χ1) is 12.6. The Morgan fingerprint density at radius 1 is 1.31 bits per heavy atom. The maximum atomic E-state index is 9.60. The van der Waals surface area contributed by atoms with Gasteiger partial charge in [-0.05, 0) is 55.2 Å². The molecule has 0 aromatic heterocycles. The maximum absolute atomic E-state index is 9.60. The van der Waals surface area contributed by atoms with Crippen LogP contribution in [0.3, 0.4) is 0 Å². The van der Waals surface area contributed by atoms with Crippen molar-refractivity contribution in [1.29, 1.82) is 0 Å². The predicted molar refractivity (Wildman–Crippen MR) is 106 cm³/mol. The molecule has 0 spiro atoms. The van der Waals surface area contributed by atoms with Crippen molar-refractivity contribution < 1.29 is 9.84 Å². The van der Waals surface area contributed by atoms with Crippen molar-refractivity contribution in [2.45, 2.75) is 32.4 Å². The number of ether oxygens (including phenoxy) is 1. The fraction of sp³-hybridized carbons (Fsp3) is 0.350. The fourth-order valence-electron chi connectivity index (χ4n) is 2.86. The monoisotopic (exact) mass is 373 g/mol. The second kappa shape index (κ2) is 8.92. The smallest absolute Gasteiger partial charge is 0.196 e. The summed E-state index contributed by atoms with van der Waals surface area (Å²) in [6.07, 6.45) is 2.37. The van der Waals surface area contributed by atoms with Crippen molar-refractivity contribution in [1.82, 2.24) is 5.32 Å². The zero-order valence-corrected chi connectivity index (χ0v) is 15.6. The van der Waals surface area contributed by atoms with Crippen LogP contribution in [0.4, 0.5) is 5.69 Å². The largest absolute Gasteiger partial charge is 0.508 e. The highest BCUT2D eigenvalue weighted by Gasteiger charge is 2.16. The van der Waals surface area contributed by atoms with Crippen molar-refractivity contribution in [3.8, 4) is 5.75 Å². The topological polar surface area (TPSA) is 65.9 Å². The molecule has 0 aliphatic carbocycles. The van der Waals surface area contributed by atoms with Gasteiger partial charge in [0, 0.05) is 23.9 Å². The van der Waals surface area contributed by atoms with Crippen LogP contribution in [0.25, 0.3) is 0 Å². The molecule has 0 saturated carbocycles. The number of nitrogens with one attached hydrogen (secondary N) is 2. The van der Waals surface area contributed by atoms with Gasteiger partial charge in [0.05, 0.1) is 12.6 Å². The molecule has 1 heterocycles. The summed E-state index contributed by atoms with van der Waals surface area (Å²) in [5, 5.41) is 17.0. The van der Waals surface area contributed by atoms with Gasteiger partial charge in [-0.15, -0.1) is 0 Å². The molecule has 6 heteroatoms. The zero-order chi connectivity index (χ0) is 18.4. The van der Waals surface area contributed by atoms with Crippen molar-refractivity contribution in [2.24, 2.45) is 4.99 Å². The van der Waals surface area contributed by atoms with Crippen molar-refractivity contribution >= 4 is 23.2 Å². The number of nitrogens with zero attached hydrogens (tertiary/aromatic N) is 1. The number of halogens is 1. The summed E-state index contributed by atoms with van der Waals surface area (Å²) in [5.41, 5.74) is 2.80. The van der Waals surface area contributed by atoms with Crippen LogP contribution in [0.15, 0.2) is 47.5 Å².